The Labute approximate surface area is 151 Å². The Morgan fingerprint density at radius 3 is 2.81 bits per heavy atom. The van der Waals surface area contributed by atoms with Crippen LogP contribution >= 0.6 is 0 Å². The molecule has 2 heterocycles. The molecule has 6 nitrogen and oxygen atoms in total. The van der Waals surface area contributed by atoms with Gasteiger partial charge in [-0.05, 0) is 47.3 Å². The Morgan fingerprint density at radius 2 is 1.96 bits per heavy atom. The number of nitrogens with one attached hydrogen (secondary N) is 3. The van der Waals surface area contributed by atoms with Gasteiger partial charge in [0.05, 0.1) is 7.11 Å². The number of methoxy groups -OCH3 is 1. The molecule has 0 fully saturated rings. The van der Waals surface area contributed by atoms with Crippen molar-refractivity contribution < 1.29 is 4.74 Å². The Balaban J connectivity index is 1.72. The largest absolute Gasteiger partial charge is 0.496 e. The summed E-state index contributed by atoms with van der Waals surface area (Å²) in [6.07, 6.45) is 3.65. The lowest BCUT2D eigenvalue weighted by Crippen LogP contribution is -2.00. The van der Waals surface area contributed by atoms with E-state index in [4.69, 9.17) is 4.74 Å². The fourth-order valence-corrected chi connectivity index (χ4v) is 2.91. The molecular formula is C20H19N5O. The second-order valence-corrected chi connectivity index (χ2v) is 5.84. The number of nitrogens with zero attached hydrogens (tertiary/aromatic N) is 2. The summed E-state index contributed by atoms with van der Waals surface area (Å²) in [6, 6.07) is 16.1. The lowest BCUT2D eigenvalue weighted by atomic mass is 10.0. The predicted molar refractivity (Wildman–Crippen MR) is 105 cm³/mol. The third kappa shape index (κ3) is 3.04. The second-order valence-electron chi connectivity index (χ2n) is 5.84. The van der Waals surface area contributed by atoms with Crippen LogP contribution in [0.2, 0.25) is 0 Å². The lowest BCUT2D eigenvalue weighted by molar-refractivity contribution is 0.416. The molecule has 0 spiro atoms. The Kier molecular flexibility index (Phi) is 4.15. The van der Waals surface area contributed by atoms with Crippen LogP contribution in [0.15, 0.2) is 60.9 Å². The van der Waals surface area contributed by atoms with Gasteiger partial charge >= 0.3 is 0 Å². The van der Waals surface area contributed by atoms with E-state index in [1.54, 1.807) is 13.3 Å². The highest BCUT2D eigenvalue weighted by Gasteiger charge is 2.09. The molecule has 0 radical (unpaired) electrons. The number of aromatic nitrogens is 3. The quantitative estimate of drug-likeness (QED) is 0.499. The van der Waals surface area contributed by atoms with E-state index in [2.05, 4.69) is 49.9 Å². The van der Waals surface area contributed by atoms with Gasteiger partial charge in [-0.25, -0.2) is 4.98 Å². The molecule has 0 aliphatic carbocycles. The zero-order valence-electron chi connectivity index (χ0n) is 14.6. The van der Waals surface area contributed by atoms with Crippen LogP contribution in [0.4, 0.5) is 17.5 Å². The van der Waals surface area contributed by atoms with Crippen LogP contribution in [-0.2, 0) is 0 Å². The maximum Gasteiger partial charge on any atom is 0.229 e. The van der Waals surface area contributed by atoms with E-state index in [1.807, 2.05) is 37.5 Å². The maximum absolute atomic E-state index is 5.56. The van der Waals surface area contributed by atoms with Gasteiger partial charge in [0.15, 0.2) is 0 Å². The standard InChI is InChI=1S/C20H19N5O/c1-21-19-8-10-23-20(25-19)24-15-5-6-18(26-2)16(12-15)14-4-3-13-7-9-22-17(13)11-14/h3-12,22H,1-2H3,(H2,21,23,24,25). The van der Waals surface area contributed by atoms with Gasteiger partial charge < -0.3 is 20.4 Å². The molecule has 26 heavy (non-hydrogen) atoms. The number of fused-ring (bicyclic) bond motifs is 1. The van der Waals surface area contributed by atoms with Crippen molar-refractivity contribution in [3.63, 3.8) is 0 Å². The third-order valence-electron chi connectivity index (χ3n) is 4.23. The van der Waals surface area contributed by atoms with Crippen LogP contribution in [0.1, 0.15) is 0 Å². The molecule has 0 aliphatic rings. The number of H-pyrrole nitrogens is 1. The zero-order chi connectivity index (χ0) is 17.9. The molecule has 0 bridgehead atoms. The van der Waals surface area contributed by atoms with Gasteiger partial charge in [-0.2, -0.15) is 4.98 Å². The van der Waals surface area contributed by atoms with E-state index in [-0.39, 0.29) is 0 Å². The van der Waals surface area contributed by atoms with E-state index in [1.165, 1.54) is 5.39 Å². The van der Waals surface area contributed by atoms with Crippen LogP contribution in [-0.4, -0.2) is 29.1 Å². The first kappa shape index (κ1) is 16.0. The molecule has 0 unspecified atom stereocenters. The van der Waals surface area contributed by atoms with Crippen LogP contribution < -0.4 is 15.4 Å². The molecule has 130 valence electrons. The number of anilines is 3. The summed E-state index contributed by atoms with van der Waals surface area (Å²) in [5.74, 6) is 2.10. The monoisotopic (exact) mass is 345 g/mol. The Bertz CT molecular complexity index is 1060. The highest BCUT2D eigenvalue weighted by Crippen LogP contribution is 2.34. The number of hydrogen-bond acceptors (Lipinski definition) is 5. The van der Waals surface area contributed by atoms with Crippen LogP contribution in [0, 0.1) is 0 Å². The first-order valence-corrected chi connectivity index (χ1v) is 8.30. The number of benzene rings is 2. The molecule has 6 heteroatoms. The minimum atomic E-state index is 0.535. The molecule has 2 aromatic heterocycles. The molecule has 0 atom stereocenters. The van der Waals surface area contributed by atoms with Crippen molar-refractivity contribution in [2.24, 2.45) is 0 Å². The minimum absolute atomic E-state index is 0.535. The first-order chi connectivity index (χ1) is 12.8. The zero-order valence-corrected chi connectivity index (χ0v) is 14.6. The number of ether oxygens (including phenoxy) is 1. The molecule has 2 aromatic carbocycles. The van der Waals surface area contributed by atoms with Crippen LogP contribution in [0.3, 0.4) is 0 Å². The lowest BCUT2D eigenvalue weighted by Gasteiger charge is -2.12. The summed E-state index contributed by atoms with van der Waals surface area (Å²) in [7, 11) is 3.51. The second kappa shape index (κ2) is 6.76. The van der Waals surface area contributed by atoms with E-state index in [0.717, 1.165) is 33.9 Å². The summed E-state index contributed by atoms with van der Waals surface area (Å²) >= 11 is 0. The van der Waals surface area contributed by atoms with Gasteiger partial charge in [0.25, 0.3) is 0 Å². The van der Waals surface area contributed by atoms with Gasteiger partial charge in [0.1, 0.15) is 11.6 Å². The van der Waals surface area contributed by atoms with Crippen molar-refractivity contribution in [1.29, 1.82) is 0 Å². The van der Waals surface area contributed by atoms with Gasteiger partial charge in [-0.1, -0.05) is 12.1 Å². The van der Waals surface area contributed by atoms with Crippen molar-refractivity contribution in [3.8, 4) is 16.9 Å². The number of rotatable bonds is 5. The fourth-order valence-electron chi connectivity index (χ4n) is 2.91. The van der Waals surface area contributed by atoms with Crippen LogP contribution in [0.5, 0.6) is 5.75 Å². The highest BCUT2D eigenvalue weighted by atomic mass is 16.5. The van der Waals surface area contributed by atoms with Gasteiger partial charge in [0, 0.05) is 36.2 Å². The van der Waals surface area contributed by atoms with Crippen LogP contribution in [0.25, 0.3) is 22.0 Å². The molecular weight excluding hydrogens is 326 g/mol. The topological polar surface area (TPSA) is 74.9 Å². The van der Waals surface area contributed by atoms with Gasteiger partial charge in [-0.15, -0.1) is 0 Å². The molecule has 0 amide bonds. The SMILES string of the molecule is CNc1ccnc(Nc2ccc(OC)c(-c3ccc4cc[nH]c4c3)c2)n1. The van der Waals surface area contributed by atoms with Gasteiger partial charge in [0.2, 0.25) is 5.95 Å². The number of hydrogen-bond donors (Lipinski definition) is 3. The minimum Gasteiger partial charge on any atom is -0.496 e. The Hall–Kier alpha value is -3.54. The first-order valence-electron chi connectivity index (χ1n) is 8.30. The van der Waals surface area contributed by atoms with E-state index < -0.39 is 0 Å². The molecule has 0 saturated carbocycles. The van der Waals surface area contributed by atoms with Crippen molar-refractivity contribution >= 4 is 28.4 Å². The molecule has 0 aliphatic heterocycles. The van der Waals surface area contributed by atoms with E-state index >= 15 is 0 Å². The molecule has 3 N–H and O–H groups in total. The van der Waals surface area contributed by atoms with Crippen molar-refractivity contribution in [1.82, 2.24) is 15.0 Å². The fraction of sp³-hybridized carbons (Fsp3) is 0.100. The average molecular weight is 345 g/mol. The van der Waals surface area contributed by atoms with E-state index in [0.29, 0.717) is 5.95 Å². The van der Waals surface area contributed by atoms with E-state index in [9.17, 15) is 0 Å². The third-order valence-corrected chi connectivity index (χ3v) is 4.23. The Morgan fingerprint density at radius 1 is 1.04 bits per heavy atom. The van der Waals surface area contributed by atoms with Crippen molar-refractivity contribution in [3.05, 3.63) is 60.9 Å². The summed E-state index contributed by atoms with van der Waals surface area (Å²) in [5, 5.41) is 7.44. The van der Waals surface area contributed by atoms with Crippen molar-refractivity contribution in [2.45, 2.75) is 0 Å². The summed E-state index contributed by atoms with van der Waals surface area (Å²) in [5.41, 5.74) is 4.05. The average Bonchev–Trinajstić information content (AvgIpc) is 3.16. The maximum atomic E-state index is 5.56. The normalized spacial score (nSPS) is 10.7. The molecule has 4 rings (SSSR count). The summed E-state index contributed by atoms with van der Waals surface area (Å²) in [4.78, 5) is 11.9. The molecule has 0 saturated heterocycles. The van der Waals surface area contributed by atoms with Gasteiger partial charge in [-0.3, -0.25) is 0 Å². The summed E-state index contributed by atoms with van der Waals surface area (Å²) in [6.45, 7) is 0. The highest BCUT2D eigenvalue weighted by molar-refractivity contribution is 5.87. The smallest absolute Gasteiger partial charge is 0.229 e. The van der Waals surface area contributed by atoms with Crippen molar-refractivity contribution in [2.75, 3.05) is 24.8 Å². The molecule has 4 aromatic rings. The number of aromatic amines is 1. The predicted octanol–water partition coefficient (Wildman–Crippen LogP) is 4.42. The summed E-state index contributed by atoms with van der Waals surface area (Å²) < 4.78 is 5.56.